The molecule has 2 rings (SSSR count). The molecule has 0 aromatic carbocycles. The van der Waals surface area contributed by atoms with Crippen LogP contribution in [0, 0.1) is 23.7 Å². The molecule has 2 fully saturated rings. The van der Waals surface area contributed by atoms with Crippen LogP contribution in [-0.2, 0) is 0 Å². The molecule has 80 valence electrons. The number of fused-ring (bicyclic) bond motifs is 2. The van der Waals surface area contributed by atoms with Crippen molar-refractivity contribution in [2.24, 2.45) is 23.7 Å². The van der Waals surface area contributed by atoms with Crippen LogP contribution in [0.15, 0.2) is 0 Å². The van der Waals surface area contributed by atoms with Crippen LogP contribution in [0.25, 0.3) is 0 Å². The Morgan fingerprint density at radius 3 is 1.15 bits per heavy atom. The number of hydrogen-bond donors (Lipinski definition) is 0. The fourth-order valence-electron chi connectivity index (χ4n) is 2.87. The molecule has 0 spiro atoms. The third kappa shape index (κ3) is 2.72. The van der Waals surface area contributed by atoms with E-state index in [1.807, 2.05) is 27.7 Å². The number of rotatable bonds is 0. The van der Waals surface area contributed by atoms with Crippen LogP contribution in [0.4, 0.5) is 0 Å². The van der Waals surface area contributed by atoms with Crippen molar-refractivity contribution in [1.29, 1.82) is 0 Å². The molecule has 0 N–H and O–H groups in total. The van der Waals surface area contributed by atoms with Crippen LogP contribution in [0.3, 0.4) is 0 Å². The summed E-state index contributed by atoms with van der Waals surface area (Å²) < 4.78 is 0. The molecular weight excluding hydrogens is 156 g/mol. The van der Waals surface area contributed by atoms with Crippen molar-refractivity contribution in [3.05, 3.63) is 0 Å². The lowest BCUT2D eigenvalue weighted by atomic mass is 9.82. The van der Waals surface area contributed by atoms with Crippen molar-refractivity contribution in [3.8, 4) is 0 Å². The van der Waals surface area contributed by atoms with E-state index in [-0.39, 0.29) is 0 Å². The highest BCUT2D eigenvalue weighted by atomic mass is 14.5. The molecule has 0 radical (unpaired) electrons. The van der Waals surface area contributed by atoms with Gasteiger partial charge in [0.15, 0.2) is 0 Å². The Morgan fingerprint density at radius 2 is 1.00 bits per heavy atom. The summed E-state index contributed by atoms with van der Waals surface area (Å²) in [5.74, 6) is 4.32. The van der Waals surface area contributed by atoms with Gasteiger partial charge in [0, 0.05) is 0 Å². The molecule has 2 bridgehead atoms. The predicted octanol–water partition coefficient (Wildman–Crippen LogP) is 4.74. The molecule has 0 aliphatic heterocycles. The monoisotopic (exact) mass is 184 g/mol. The molecule has 2 aliphatic rings. The lowest BCUT2D eigenvalue weighted by Gasteiger charge is -2.24. The minimum Gasteiger partial charge on any atom is -0.0683 e. The topological polar surface area (TPSA) is 0 Å². The second kappa shape index (κ2) is 6.45. The first kappa shape index (κ1) is 13.0. The summed E-state index contributed by atoms with van der Waals surface area (Å²) >= 11 is 0. The molecule has 0 heterocycles. The highest BCUT2D eigenvalue weighted by Gasteiger charge is 2.42. The molecule has 0 aromatic rings. The standard InChI is InChI=1S/C9H16.2C2H6/c1-6-7(2)9-4-3-8(6)5-9;2*1-2/h6-9H,3-5H2,1-2H3;2*1-2H3. The predicted molar refractivity (Wildman–Crippen MR) is 61.9 cm³/mol. The Balaban J connectivity index is 0.000000322. The third-order valence-electron chi connectivity index (χ3n) is 3.83. The van der Waals surface area contributed by atoms with Gasteiger partial charge in [-0.1, -0.05) is 41.5 Å². The van der Waals surface area contributed by atoms with Gasteiger partial charge in [-0.05, 0) is 42.9 Å². The van der Waals surface area contributed by atoms with Crippen molar-refractivity contribution < 1.29 is 0 Å². The summed E-state index contributed by atoms with van der Waals surface area (Å²) in [6.45, 7) is 12.9. The summed E-state index contributed by atoms with van der Waals surface area (Å²) in [6.07, 6.45) is 4.63. The van der Waals surface area contributed by atoms with Crippen LogP contribution >= 0.6 is 0 Å². The summed E-state index contributed by atoms with van der Waals surface area (Å²) in [5.41, 5.74) is 0. The Kier molecular flexibility index (Phi) is 6.45. The second-order valence-electron chi connectivity index (χ2n) is 4.05. The van der Waals surface area contributed by atoms with Gasteiger partial charge in [-0.15, -0.1) is 0 Å². The minimum atomic E-state index is 1.05. The smallest absolute Gasteiger partial charge is 0.0383 e. The van der Waals surface area contributed by atoms with Gasteiger partial charge < -0.3 is 0 Å². The molecule has 2 aliphatic carbocycles. The maximum Gasteiger partial charge on any atom is -0.0383 e. The fourth-order valence-corrected chi connectivity index (χ4v) is 2.87. The maximum absolute atomic E-state index is 2.44. The summed E-state index contributed by atoms with van der Waals surface area (Å²) in [4.78, 5) is 0. The Hall–Kier alpha value is 0. The van der Waals surface area contributed by atoms with Crippen LogP contribution < -0.4 is 0 Å². The van der Waals surface area contributed by atoms with Crippen molar-refractivity contribution in [2.45, 2.75) is 60.8 Å². The van der Waals surface area contributed by atoms with Crippen LogP contribution in [0.1, 0.15) is 60.8 Å². The van der Waals surface area contributed by atoms with E-state index in [1.54, 1.807) is 6.42 Å². The average Bonchev–Trinajstić information content (AvgIpc) is 2.78. The molecule has 0 amide bonds. The van der Waals surface area contributed by atoms with Gasteiger partial charge in [0.25, 0.3) is 0 Å². The Bertz CT molecular complexity index is 99.2. The first-order chi connectivity index (χ1) is 6.29. The quantitative estimate of drug-likeness (QED) is 0.510. The Labute approximate surface area is 85.1 Å². The van der Waals surface area contributed by atoms with E-state index in [9.17, 15) is 0 Å². The average molecular weight is 184 g/mol. The zero-order valence-corrected chi connectivity index (χ0v) is 10.4. The normalized spacial score (nSPS) is 40.2. The molecule has 0 saturated heterocycles. The molecule has 4 unspecified atom stereocenters. The van der Waals surface area contributed by atoms with Crippen LogP contribution in [-0.4, -0.2) is 0 Å². The summed E-state index contributed by atoms with van der Waals surface area (Å²) in [5, 5.41) is 0. The van der Waals surface area contributed by atoms with Crippen molar-refractivity contribution in [2.75, 3.05) is 0 Å². The Morgan fingerprint density at radius 1 is 0.692 bits per heavy atom. The fraction of sp³-hybridized carbons (Fsp3) is 1.00. The largest absolute Gasteiger partial charge is 0.0683 e. The van der Waals surface area contributed by atoms with E-state index in [0.29, 0.717) is 0 Å². The highest BCUT2D eigenvalue weighted by molar-refractivity contribution is 4.92. The van der Waals surface area contributed by atoms with Gasteiger partial charge in [-0.3, -0.25) is 0 Å². The molecule has 0 aromatic heterocycles. The van der Waals surface area contributed by atoms with Gasteiger partial charge in [0.05, 0.1) is 0 Å². The van der Waals surface area contributed by atoms with E-state index in [4.69, 9.17) is 0 Å². The highest BCUT2D eigenvalue weighted by Crippen LogP contribution is 2.51. The first-order valence-corrected chi connectivity index (χ1v) is 6.29. The zero-order valence-electron chi connectivity index (χ0n) is 10.4. The SMILES string of the molecule is CC.CC.CC1C2CCC(C2)C1C. The second-order valence-corrected chi connectivity index (χ2v) is 4.05. The molecular formula is C13H28. The molecule has 13 heavy (non-hydrogen) atoms. The molecule has 2 saturated carbocycles. The van der Waals surface area contributed by atoms with Crippen molar-refractivity contribution in [1.82, 2.24) is 0 Å². The lowest BCUT2D eigenvalue weighted by Crippen LogP contribution is -2.15. The summed E-state index contributed by atoms with van der Waals surface area (Å²) in [7, 11) is 0. The maximum atomic E-state index is 2.44. The third-order valence-corrected chi connectivity index (χ3v) is 3.83. The lowest BCUT2D eigenvalue weighted by molar-refractivity contribution is 0.259. The first-order valence-electron chi connectivity index (χ1n) is 6.29. The van der Waals surface area contributed by atoms with E-state index >= 15 is 0 Å². The summed E-state index contributed by atoms with van der Waals surface area (Å²) in [6, 6.07) is 0. The molecule has 0 heteroatoms. The van der Waals surface area contributed by atoms with Crippen molar-refractivity contribution in [3.63, 3.8) is 0 Å². The van der Waals surface area contributed by atoms with Gasteiger partial charge in [-0.2, -0.15) is 0 Å². The van der Waals surface area contributed by atoms with Gasteiger partial charge in [-0.25, -0.2) is 0 Å². The molecule has 0 nitrogen and oxygen atoms in total. The van der Waals surface area contributed by atoms with Gasteiger partial charge in [0.2, 0.25) is 0 Å². The van der Waals surface area contributed by atoms with Crippen LogP contribution in [0.5, 0.6) is 0 Å². The van der Waals surface area contributed by atoms with E-state index in [1.165, 1.54) is 12.8 Å². The van der Waals surface area contributed by atoms with E-state index in [0.717, 1.165) is 23.7 Å². The molecule has 4 atom stereocenters. The van der Waals surface area contributed by atoms with Crippen LogP contribution in [0.2, 0.25) is 0 Å². The van der Waals surface area contributed by atoms with E-state index in [2.05, 4.69) is 13.8 Å². The van der Waals surface area contributed by atoms with E-state index < -0.39 is 0 Å². The zero-order chi connectivity index (χ0) is 10.4. The minimum absolute atomic E-state index is 1.05. The number of hydrogen-bond acceptors (Lipinski definition) is 0. The van der Waals surface area contributed by atoms with Crippen molar-refractivity contribution >= 4 is 0 Å². The van der Waals surface area contributed by atoms with Gasteiger partial charge >= 0.3 is 0 Å². The van der Waals surface area contributed by atoms with Gasteiger partial charge in [0.1, 0.15) is 0 Å².